The Kier molecular flexibility index (Phi) is 3.53. The average Bonchev–Trinajstić information content (AvgIpc) is 2.19. The lowest BCUT2D eigenvalue weighted by Crippen LogP contribution is -2.25. The van der Waals surface area contributed by atoms with Crippen LogP contribution in [0.2, 0.25) is 0 Å². The Hall–Kier alpha value is -1.02. The van der Waals surface area contributed by atoms with Crippen LogP contribution in [-0.4, -0.2) is 13.0 Å². The molecule has 0 atom stereocenters. The van der Waals surface area contributed by atoms with Gasteiger partial charge in [0, 0.05) is 10.6 Å². The zero-order valence-electron chi connectivity index (χ0n) is 8.04. The van der Waals surface area contributed by atoms with Crippen LogP contribution in [0.1, 0.15) is 5.56 Å². The van der Waals surface area contributed by atoms with Gasteiger partial charge in [0.2, 0.25) is 0 Å². The van der Waals surface area contributed by atoms with Gasteiger partial charge in [-0.05, 0) is 53.1 Å². The van der Waals surface area contributed by atoms with Crippen LogP contribution in [0.3, 0.4) is 0 Å². The molecule has 72 valence electrons. The molecule has 2 nitrogen and oxygen atoms in total. The van der Waals surface area contributed by atoms with Gasteiger partial charge in [-0.15, -0.1) is 6.42 Å². The smallest absolute Gasteiger partial charge is 0.302 e. The van der Waals surface area contributed by atoms with E-state index in [4.69, 9.17) is 6.42 Å². The van der Waals surface area contributed by atoms with Crippen molar-refractivity contribution in [3.8, 4) is 12.3 Å². The fourth-order valence-corrected chi connectivity index (χ4v) is 1.78. The number of amides is 1. The van der Waals surface area contributed by atoms with Gasteiger partial charge in [-0.3, -0.25) is 4.79 Å². The molecule has 3 heteroatoms. The summed E-state index contributed by atoms with van der Waals surface area (Å²) in [5.41, 5.74) is 1.96. The van der Waals surface area contributed by atoms with Crippen molar-refractivity contribution in [3.63, 3.8) is 0 Å². The lowest BCUT2D eigenvalue weighted by Gasteiger charge is -2.16. The highest BCUT2D eigenvalue weighted by Crippen LogP contribution is 2.22. The summed E-state index contributed by atoms with van der Waals surface area (Å²) < 4.78 is 1.01. The van der Waals surface area contributed by atoms with Gasteiger partial charge in [-0.25, -0.2) is 0 Å². The number of carbonyl (C=O) groups is 1. The first kappa shape index (κ1) is 11.1. The van der Waals surface area contributed by atoms with E-state index >= 15 is 0 Å². The SMILES string of the molecule is C#CC(=O)N(C)c1cc(C)ccc1I. The van der Waals surface area contributed by atoms with E-state index in [2.05, 4.69) is 28.5 Å². The van der Waals surface area contributed by atoms with E-state index in [9.17, 15) is 4.79 Å². The van der Waals surface area contributed by atoms with Crippen molar-refractivity contribution in [3.05, 3.63) is 27.3 Å². The van der Waals surface area contributed by atoms with E-state index in [1.54, 1.807) is 7.05 Å². The highest BCUT2D eigenvalue weighted by molar-refractivity contribution is 14.1. The molecule has 14 heavy (non-hydrogen) atoms. The molecule has 1 aromatic carbocycles. The monoisotopic (exact) mass is 299 g/mol. The first-order valence-corrected chi connectivity index (χ1v) is 5.14. The summed E-state index contributed by atoms with van der Waals surface area (Å²) in [7, 11) is 1.68. The third kappa shape index (κ3) is 2.26. The summed E-state index contributed by atoms with van der Waals surface area (Å²) in [4.78, 5) is 12.7. The highest BCUT2D eigenvalue weighted by atomic mass is 127. The van der Waals surface area contributed by atoms with Gasteiger partial charge in [0.1, 0.15) is 0 Å². The van der Waals surface area contributed by atoms with Gasteiger partial charge in [-0.1, -0.05) is 6.07 Å². The Morgan fingerprint density at radius 1 is 1.57 bits per heavy atom. The van der Waals surface area contributed by atoms with Crippen molar-refractivity contribution in [2.24, 2.45) is 0 Å². The molecular weight excluding hydrogens is 289 g/mol. The summed E-state index contributed by atoms with van der Waals surface area (Å²) >= 11 is 2.18. The first-order chi connectivity index (χ1) is 6.56. The fraction of sp³-hybridized carbons (Fsp3) is 0.182. The maximum Gasteiger partial charge on any atom is 0.302 e. The Balaban J connectivity index is 3.13. The topological polar surface area (TPSA) is 20.3 Å². The van der Waals surface area contributed by atoms with Crippen LogP contribution in [0.4, 0.5) is 5.69 Å². The Morgan fingerprint density at radius 3 is 2.79 bits per heavy atom. The van der Waals surface area contributed by atoms with E-state index in [-0.39, 0.29) is 5.91 Å². The quantitative estimate of drug-likeness (QED) is 0.575. The molecule has 0 radical (unpaired) electrons. The van der Waals surface area contributed by atoms with Crippen LogP contribution in [0.5, 0.6) is 0 Å². The van der Waals surface area contributed by atoms with Crippen molar-refractivity contribution in [2.45, 2.75) is 6.92 Å². The van der Waals surface area contributed by atoms with Gasteiger partial charge in [0.25, 0.3) is 0 Å². The van der Waals surface area contributed by atoms with Crippen LogP contribution in [0.15, 0.2) is 18.2 Å². The molecule has 0 fully saturated rings. The maximum absolute atomic E-state index is 11.3. The maximum atomic E-state index is 11.3. The molecule has 1 rings (SSSR count). The van der Waals surface area contributed by atoms with E-state index in [0.717, 1.165) is 14.8 Å². The largest absolute Gasteiger partial charge is 0.304 e. The number of benzene rings is 1. The van der Waals surface area contributed by atoms with Crippen molar-refractivity contribution >= 4 is 34.2 Å². The molecule has 1 amide bonds. The molecule has 1 aromatic rings. The van der Waals surface area contributed by atoms with Crippen LogP contribution in [0.25, 0.3) is 0 Å². The van der Waals surface area contributed by atoms with Crippen molar-refractivity contribution in [1.29, 1.82) is 0 Å². The Morgan fingerprint density at radius 2 is 2.21 bits per heavy atom. The number of anilines is 1. The Bertz CT molecular complexity index is 406. The summed E-state index contributed by atoms with van der Waals surface area (Å²) in [6.45, 7) is 1.98. The normalized spacial score (nSPS) is 9.29. The lowest BCUT2D eigenvalue weighted by atomic mass is 10.2. The number of hydrogen-bond donors (Lipinski definition) is 0. The number of carbonyl (C=O) groups excluding carboxylic acids is 1. The van der Waals surface area contributed by atoms with E-state index in [1.165, 1.54) is 4.90 Å². The second-order valence-corrected chi connectivity index (χ2v) is 4.13. The van der Waals surface area contributed by atoms with E-state index in [0.29, 0.717) is 0 Å². The molecule has 0 saturated heterocycles. The molecule has 0 spiro atoms. The van der Waals surface area contributed by atoms with Crippen LogP contribution in [-0.2, 0) is 4.79 Å². The predicted molar refractivity (Wildman–Crippen MR) is 66.1 cm³/mol. The zero-order valence-corrected chi connectivity index (χ0v) is 10.2. The second kappa shape index (κ2) is 4.47. The molecule has 0 aliphatic rings. The molecule has 0 saturated carbocycles. The molecule has 0 bridgehead atoms. The second-order valence-electron chi connectivity index (χ2n) is 2.96. The van der Waals surface area contributed by atoms with Gasteiger partial charge in [-0.2, -0.15) is 0 Å². The molecule has 0 heterocycles. The predicted octanol–water partition coefficient (Wildman–Crippen LogP) is 2.20. The van der Waals surface area contributed by atoms with Crippen molar-refractivity contribution < 1.29 is 4.79 Å². The van der Waals surface area contributed by atoms with Gasteiger partial charge in [0.05, 0.1) is 5.69 Å². The van der Waals surface area contributed by atoms with Crippen molar-refractivity contribution in [2.75, 3.05) is 11.9 Å². The zero-order chi connectivity index (χ0) is 10.7. The van der Waals surface area contributed by atoms with Gasteiger partial charge >= 0.3 is 5.91 Å². The molecule has 0 N–H and O–H groups in total. The number of terminal acetylenes is 1. The highest BCUT2D eigenvalue weighted by Gasteiger charge is 2.10. The third-order valence-corrected chi connectivity index (χ3v) is 2.80. The lowest BCUT2D eigenvalue weighted by molar-refractivity contribution is -0.113. The standard InChI is InChI=1S/C11H10INO/c1-4-11(14)13(3)10-7-8(2)5-6-9(10)12/h1,5-7H,2-3H3. The summed E-state index contributed by atoms with van der Waals surface area (Å²) in [6, 6.07) is 5.90. The van der Waals surface area contributed by atoms with Crippen molar-refractivity contribution in [1.82, 2.24) is 0 Å². The van der Waals surface area contributed by atoms with Gasteiger partial charge < -0.3 is 4.90 Å². The molecular formula is C11H10INO. The number of nitrogens with zero attached hydrogens (tertiary/aromatic N) is 1. The van der Waals surface area contributed by atoms with Gasteiger partial charge in [0.15, 0.2) is 0 Å². The summed E-state index contributed by atoms with van der Waals surface area (Å²) in [6.07, 6.45) is 5.05. The molecule has 0 aromatic heterocycles. The van der Waals surface area contributed by atoms with E-state index in [1.807, 2.05) is 25.1 Å². The number of aryl methyl sites for hydroxylation is 1. The number of hydrogen-bond acceptors (Lipinski definition) is 1. The minimum atomic E-state index is -0.325. The number of halogens is 1. The average molecular weight is 299 g/mol. The Labute approximate surface area is 97.4 Å². The minimum Gasteiger partial charge on any atom is -0.304 e. The summed E-state index contributed by atoms with van der Waals surface area (Å²) in [5.74, 6) is 1.77. The van der Waals surface area contributed by atoms with Crippen LogP contribution < -0.4 is 4.90 Å². The molecule has 0 unspecified atom stereocenters. The number of rotatable bonds is 1. The molecule has 0 aliphatic heterocycles. The minimum absolute atomic E-state index is 0.325. The first-order valence-electron chi connectivity index (χ1n) is 4.06. The summed E-state index contributed by atoms with van der Waals surface area (Å²) in [5, 5.41) is 0. The van der Waals surface area contributed by atoms with Crippen LogP contribution >= 0.6 is 22.6 Å². The molecule has 0 aliphatic carbocycles. The van der Waals surface area contributed by atoms with E-state index < -0.39 is 0 Å². The third-order valence-electron chi connectivity index (χ3n) is 1.89. The van der Waals surface area contributed by atoms with Crippen LogP contribution in [0, 0.1) is 22.8 Å². The fourth-order valence-electron chi connectivity index (χ4n) is 1.09.